The first-order valence-corrected chi connectivity index (χ1v) is 8.41. The summed E-state index contributed by atoms with van der Waals surface area (Å²) in [5, 5.41) is 9.39. The Balaban J connectivity index is 2.31. The Morgan fingerprint density at radius 3 is 2.84 bits per heavy atom. The van der Waals surface area contributed by atoms with Crippen LogP contribution in [-0.4, -0.2) is 25.8 Å². The Morgan fingerprint density at radius 2 is 2.21 bits per heavy atom. The number of rotatable bonds is 2. The van der Waals surface area contributed by atoms with Gasteiger partial charge in [-0.1, -0.05) is 11.6 Å². The molecule has 2 rings (SSSR count). The minimum atomic E-state index is -3.55. The van der Waals surface area contributed by atoms with Crippen molar-refractivity contribution < 1.29 is 8.42 Å². The monoisotopic (exact) mass is 362 g/mol. The number of hydrogen-bond acceptors (Lipinski definition) is 3. The maximum absolute atomic E-state index is 12.5. The summed E-state index contributed by atoms with van der Waals surface area (Å²) in [7, 11) is -3.55. The third-order valence-electron chi connectivity index (χ3n) is 3.10. The van der Waals surface area contributed by atoms with Crippen molar-refractivity contribution >= 4 is 37.6 Å². The van der Waals surface area contributed by atoms with Crippen molar-refractivity contribution in [3.8, 4) is 6.07 Å². The molecule has 7 heteroatoms. The highest BCUT2D eigenvalue weighted by Crippen LogP contribution is 2.28. The van der Waals surface area contributed by atoms with Crippen molar-refractivity contribution in [1.82, 2.24) is 4.31 Å². The van der Waals surface area contributed by atoms with Crippen LogP contribution in [0.4, 0.5) is 0 Å². The summed E-state index contributed by atoms with van der Waals surface area (Å²) >= 11 is 9.08. The molecule has 1 aliphatic rings. The summed E-state index contributed by atoms with van der Waals surface area (Å²) < 4.78 is 26.9. The van der Waals surface area contributed by atoms with E-state index in [2.05, 4.69) is 22.0 Å². The smallest absolute Gasteiger partial charge is 0.207 e. The zero-order chi connectivity index (χ0) is 14.0. The number of hydrogen-bond donors (Lipinski definition) is 0. The molecule has 0 amide bonds. The first kappa shape index (κ1) is 14.8. The van der Waals surface area contributed by atoms with E-state index in [1.54, 1.807) is 6.07 Å². The first-order chi connectivity index (χ1) is 8.95. The Bertz CT molecular complexity index is 627. The highest BCUT2D eigenvalue weighted by atomic mass is 79.9. The summed E-state index contributed by atoms with van der Waals surface area (Å²) in [5.41, 5.74) is 0. The summed E-state index contributed by atoms with van der Waals surface area (Å²) in [4.78, 5) is 0.197. The summed E-state index contributed by atoms with van der Waals surface area (Å²) in [5.74, 6) is -0.223. The zero-order valence-corrected chi connectivity index (χ0v) is 13.2. The van der Waals surface area contributed by atoms with Crippen LogP contribution in [0.3, 0.4) is 0 Å². The lowest BCUT2D eigenvalue weighted by Gasteiger charge is -2.28. The molecule has 102 valence electrons. The maximum Gasteiger partial charge on any atom is 0.243 e. The second-order valence-corrected chi connectivity index (χ2v) is 7.61. The second-order valence-electron chi connectivity index (χ2n) is 4.41. The summed E-state index contributed by atoms with van der Waals surface area (Å²) in [6.45, 7) is 0.722. The van der Waals surface area contributed by atoms with E-state index in [-0.39, 0.29) is 17.4 Å². The van der Waals surface area contributed by atoms with Gasteiger partial charge in [-0.2, -0.15) is 9.57 Å². The van der Waals surface area contributed by atoms with E-state index in [0.29, 0.717) is 22.5 Å². The van der Waals surface area contributed by atoms with E-state index in [1.807, 2.05) is 0 Å². The van der Waals surface area contributed by atoms with E-state index in [0.717, 1.165) is 6.42 Å². The van der Waals surface area contributed by atoms with E-state index in [1.165, 1.54) is 16.4 Å². The van der Waals surface area contributed by atoms with Crippen molar-refractivity contribution in [2.45, 2.75) is 17.7 Å². The summed E-state index contributed by atoms with van der Waals surface area (Å²) in [6, 6.07) is 6.67. The van der Waals surface area contributed by atoms with Gasteiger partial charge in [-0.25, -0.2) is 8.42 Å². The van der Waals surface area contributed by atoms with Crippen LogP contribution in [0.25, 0.3) is 0 Å². The molecule has 1 saturated heterocycles. The zero-order valence-electron chi connectivity index (χ0n) is 10.0. The van der Waals surface area contributed by atoms with Crippen molar-refractivity contribution in [3.63, 3.8) is 0 Å². The van der Waals surface area contributed by atoms with Crippen LogP contribution in [0.1, 0.15) is 12.8 Å². The van der Waals surface area contributed by atoms with Gasteiger partial charge in [0.15, 0.2) is 0 Å². The Morgan fingerprint density at radius 1 is 1.47 bits per heavy atom. The first-order valence-electron chi connectivity index (χ1n) is 5.80. The van der Waals surface area contributed by atoms with Gasteiger partial charge in [0.2, 0.25) is 10.0 Å². The molecular weight excluding hydrogens is 352 g/mol. The summed E-state index contributed by atoms with van der Waals surface area (Å²) in [6.07, 6.45) is 1.47. The third kappa shape index (κ3) is 3.11. The number of nitrogens with zero attached hydrogens (tertiary/aromatic N) is 2. The van der Waals surface area contributed by atoms with Gasteiger partial charge in [-0.3, -0.25) is 0 Å². The molecular formula is C12H12BrClN2O2S. The van der Waals surface area contributed by atoms with Crippen LogP contribution in [-0.2, 0) is 10.0 Å². The highest BCUT2D eigenvalue weighted by molar-refractivity contribution is 9.10. The fourth-order valence-corrected chi connectivity index (χ4v) is 4.25. The highest BCUT2D eigenvalue weighted by Gasteiger charge is 2.30. The topological polar surface area (TPSA) is 61.2 Å². The van der Waals surface area contributed by atoms with Crippen LogP contribution < -0.4 is 0 Å². The van der Waals surface area contributed by atoms with E-state index < -0.39 is 10.0 Å². The lowest BCUT2D eigenvalue weighted by atomic mass is 10.0. The minimum absolute atomic E-state index is 0.197. The van der Waals surface area contributed by atoms with Gasteiger partial charge < -0.3 is 0 Å². The number of halogens is 2. The number of piperidine rings is 1. The van der Waals surface area contributed by atoms with Crippen molar-refractivity contribution in [3.05, 3.63) is 27.7 Å². The molecule has 0 radical (unpaired) electrons. The van der Waals surface area contributed by atoms with Gasteiger partial charge in [-0.05, 0) is 47.0 Å². The van der Waals surface area contributed by atoms with Gasteiger partial charge in [0.1, 0.15) is 0 Å². The van der Waals surface area contributed by atoms with Crippen molar-refractivity contribution in [2.24, 2.45) is 5.92 Å². The second kappa shape index (κ2) is 5.80. The molecule has 4 nitrogen and oxygen atoms in total. The van der Waals surface area contributed by atoms with Gasteiger partial charge in [-0.15, -0.1) is 0 Å². The Kier molecular flexibility index (Phi) is 4.51. The van der Waals surface area contributed by atoms with E-state index in [4.69, 9.17) is 16.9 Å². The van der Waals surface area contributed by atoms with Gasteiger partial charge in [0, 0.05) is 17.6 Å². The SMILES string of the molecule is N#CC1CCCN(S(=O)(=O)c2ccc(Cl)c(Br)c2)C1. The maximum atomic E-state index is 12.5. The molecule has 1 heterocycles. The molecule has 1 aromatic rings. The normalized spacial score (nSPS) is 21.0. The van der Waals surface area contributed by atoms with E-state index in [9.17, 15) is 8.42 Å². The Labute approximate surface area is 126 Å². The molecule has 0 spiro atoms. The van der Waals surface area contributed by atoms with Crippen LogP contribution >= 0.6 is 27.5 Å². The van der Waals surface area contributed by atoms with Crippen molar-refractivity contribution in [1.29, 1.82) is 5.26 Å². The lowest BCUT2D eigenvalue weighted by molar-refractivity contribution is 0.305. The van der Waals surface area contributed by atoms with Gasteiger partial charge in [0.05, 0.1) is 21.9 Å². The number of nitriles is 1. The molecule has 1 unspecified atom stereocenters. The van der Waals surface area contributed by atoms with Crippen LogP contribution in [0.5, 0.6) is 0 Å². The molecule has 0 aliphatic carbocycles. The molecule has 0 N–H and O–H groups in total. The average Bonchev–Trinajstić information content (AvgIpc) is 2.41. The molecule has 0 aromatic heterocycles. The van der Waals surface area contributed by atoms with Crippen molar-refractivity contribution in [2.75, 3.05) is 13.1 Å². The Hall–Kier alpha value is -0.610. The minimum Gasteiger partial charge on any atom is -0.207 e. The van der Waals surface area contributed by atoms with Crippen LogP contribution in [0.2, 0.25) is 5.02 Å². The lowest BCUT2D eigenvalue weighted by Crippen LogP contribution is -2.39. The molecule has 1 atom stereocenters. The largest absolute Gasteiger partial charge is 0.243 e. The van der Waals surface area contributed by atoms with Crippen LogP contribution in [0, 0.1) is 17.2 Å². The molecule has 1 aliphatic heterocycles. The van der Waals surface area contributed by atoms with E-state index >= 15 is 0 Å². The van der Waals surface area contributed by atoms with Gasteiger partial charge in [0.25, 0.3) is 0 Å². The quantitative estimate of drug-likeness (QED) is 0.811. The molecule has 1 fully saturated rings. The average molecular weight is 364 g/mol. The predicted octanol–water partition coefficient (Wildman–Crippen LogP) is 3.03. The predicted molar refractivity (Wildman–Crippen MR) is 76.2 cm³/mol. The molecule has 19 heavy (non-hydrogen) atoms. The number of sulfonamides is 1. The van der Waals surface area contributed by atoms with Gasteiger partial charge >= 0.3 is 0 Å². The number of benzene rings is 1. The third-order valence-corrected chi connectivity index (χ3v) is 6.17. The fourth-order valence-electron chi connectivity index (χ4n) is 2.05. The standard InChI is InChI=1S/C12H12BrClN2O2S/c13-11-6-10(3-4-12(11)14)19(17,18)16-5-1-2-9(7-15)8-16/h3-4,6,9H,1-2,5,8H2. The molecule has 0 saturated carbocycles. The van der Waals surface area contributed by atoms with Crippen LogP contribution in [0.15, 0.2) is 27.6 Å². The molecule has 0 bridgehead atoms. The fraction of sp³-hybridized carbons (Fsp3) is 0.417. The molecule has 1 aromatic carbocycles.